The smallest absolute Gasteiger partial charge is 0.0707 e. The third kappa shape index (κ3) is 3.80. The van der Waals surface area contributed by atoms with Gasteiger partial charge in [0.25, 0.3) is 0 Å². The molecule has 2 aliphatic rings. The fourth-order valence-corrected chi connectivity index (χ4v) is 4.24. The van der Waals surface area contributed by atoms with Crippen LogP contribution in [-0.2, 0) is 4.74 Å². The third-order valence-corrected chi connectivity index (χ3v) is 5.36. The molecule has 0 radical (unpaired) electrons. The summed E-state index contributed by atoms with van der Waals surface area (Å²) in [6, 6.07) is 6.43. The van der Waals surface area contributed by atoms with Crippen LogP contribution in [0.5, 0.6) is 0 Å². The van der Waals surface area contributed by atoms with Crippen LogP contribution in [0.4, 0.5) is 0 Å². The number of likely N-dealkylation sites (tertiary alicyclic amines) is 1. The molecule has 5 heteroatoms. The van der Waals surface area contributed by atoms with Crippen molar-refractivity contribution >= 4 is 27.5 Å². The molecule has 0 aromatic heterocycles. The van der Waals surface area contributed by atoms with E-state index in [0.717, 1.165) is 35.6 Å². The van der Waals surface area contributed by atoms with Gasteiger partial charge >= 0.3 is 0 Å². The van der Waals surface area contributed by atoms with Crippen molar-refractivity contribution in [2.45, 2.75) is 37.5 Å². The molecule has 3 unspecified atom stereocenters. The highest BCUT2D eigenvalue weighted by molar-refractivity contribution is 9.10. The van der Waals surface area contributed by atoms with Gasteiger partial charge < -0.3 is 10.1 Å². The van der Waals surface area contributed by atoms with E-state index in [1.54, 1.807) is 0 Å². The van der Waals surface area contributed by atoms with E-state index in [0.29, 0.717) is 18.2 Å². The quantitative estimate of drug-likeness (QED) is 0.853. The van der Waals surface area contributed by atoms with Crippen molar-refractivity contribution in [3.63, 3.8) is 0 Å². The number of fused-ring (bicyclic) bond motifs is 2. The first kappa shape index (κ1) is 15.8. The monoisotopic (exact) mass is 372 g/mol. The van der Waals surface area contributed by atoms with Crippen LogP contribution in [0.1, 0.15) is 30.9 Å². The van der Waals surface area contributed by atoms with Gasteiger partial charge in [0.2, 0.25) is 0 Å². The minimum absolute atomic E-state index is 0.297. The number of rotatable bonds is 5. The van der Waals surface area contributed by atoms with Crippen molar-refractivity contribution in [1.82, 2.24) is 10.2 Å². The minimum atomic E-state index is 0.297. The molecule has 2 aliphatic heterocycles. The lowest BCUT2D eigenvalue weighted by atomic mass is 10.0. The van der Waals surface area contributed by atoms with Crippen LogP contribution in [0.3, 0.4) is 0 Å². The molecule has 21 heavy (non-hydrogen) atoms. The zero-order chi connectivity index (χ0) is 14.8. The molecular weight excluding hydrogens is 352 g/mol. The van der Waals surface area contributed by atoms with Crippen LogP contribution in [0.25, 0.3) is 0 Å². The zero-order valence-corrected chi connectivity index (χ0v) is 14.7. The molecule has 116 valence electrons. The normalized spacial score (nSPS) is 27.0. The van der Waals surface area contributed by atoms with Crippen LogP contribution in [0.2, 0.25) is 5.02 Å². The molecule has 0 saturated carbocycles. The largest absolute Gasteiger partial charge is 0.372 e. The van der Waals surface area contributed by atoms with Gasteiger partial charge in [-0.3, -0.25) is 4.90 Å². The second-order valence-corrected chi connectivity index (χ2v) is 7.34. The van der Waals surface area contributed by atoms with Crippen LogP contribution >= 0.6 is 27.5 Å². The van der Waals surface area contributed by atoms with Crippen LogP contribution < -0.4 is 5.32 Å². The van der Waals surface area contributed by atoms with Crippen molar-refractivity contribution in [3.05, 3.63) is 33.3 Å². The van der Waals surface area contributed by atoms with Gasteiger partial charge in [0, 0.05) is 35.2 Å². The van der Waals surface area contributed by atoms with Gasteiger partial charge in [-0.25, -0.2) is 0 Å². The molecule has 2 bridgehead atoms. The summed E-state index contributed by atoms with van der Waals surface area (Å²) in [5.41, 5.74) is 1.18. The van der Waals surface area contributed by atoms with Crippen molar-refractivity contribution < 1.29 is 4.74 Å². The molecular formula is C16H22BrClN2O. The summed E-state index contributed by atoms with van der Waals surface area (Å²) in [5, 5.41) is 4.22. The highest BCUT2D eigenvalue weighted by atomic mass is 79.9. The Hall–Kier alpha value is -0.130. The Morgan fingerprint density at radius 2 is 2.10 bits per heavy atom. The fraction of sp³-hybridized carbons (Fsp3) is 0.625. The maximum atomic E-state index is 6.38. The summed E-state index contributed by atoms with van der Waals surface area (Å²) in [4.78, 5) is 2.54. The summed E-state index contributed by atoms with van der Waals surface area (Å²) in [5.74, 6) is 0. The number of nitrogens with zero attached hydrogens (tertiary/aromatic N) is 1. The van der Waals surface area contributed by atoms with Gasteiger partial charge in [0.1, 0.15) is 0 Å². The Morgan fingerprint density at radius 1 is 1.38 bits per heavy atom. The van der Waals surface area contributed by atoms with E-state index >= 15 is 0 Å². The molecule has 0 amide bonds. The molecule has 1 N–H and O–H groups in total. The number of morpholine rings is 1. The van der Waals surface area contributed by atoms with Gasteiger partial charge in [0.05, 0.1) is 12.2 Å². The lowest BCUT2D eigenvalue weighted by molar-refractivity contribution is -0.0390. The molecule has 0 spiro atoms. The van der Waals surface area contributed by atoms with E-state index in [9.17, 15) is 0 Å². The number of nitrogens with one attached hydrogen (secondary N) is 1. The third-order valence-electron chi connectivity index (χ3n) is 4.54. The summed E-state index contributed by atoms with van der Waals surface area (Å²) in [6.07, 6.45) is 4.46. The molecule has 3 rings (SSSR count). The van der Waals surface area contributed by atoms with Crippen LogP contribution in [0, 0.1) is 0 Å². The minimum Gasteiger partial charge on any atom is -0.372 e. The second-order valence-electron chi connectivity index (χ2n) is 6.01. The molecule has 0 aliphatic carbocycles. The number of ether oxygens (including phenoxy) is 1. The Labute approximate surface area is 140 Å². The lowest BCUT2D eigenvalue weighted by Gasteiger charge is -2.33. The summed E-state index contributed by atoms with van der Waals surface area (Å²) < 4.78 is 6.92. The predicted octanol–water partition coefficient (Wildman–Crippen LogP) is 3.62. The van der Waals surface area contributed by atoms with E-state index in [-0.39, 0.29) is 0 Å². The average Bonchev–Trinajstić information content (AvgIpc) is 2.80. The average molecular weight is 374 g/mol. The van der Waals surface area contributed by atoms with E-state index in [2.05, 4.69) is 38.3 Å². The van der Waals surface area contributed by atoms with Crippen molar-refractivity contribution in [3.8, 4) is 0 Å². The van der Waals surface area contributed by atoms with E-state index in [4.69, 9.17) is 16.3 Å². The van der Waals surface area contributed by atoms with Gasteiger partial charge in [-0.2, -0.15) is 0 Å². The molecule has 1 aromatic carbocycles. The van der Waals surface area contributed by atoms with Gasteiger partial charge in [-0.05, 0) is 44.0 Å². The highest BCUT2D eigenvalue weighted by Gasteiger charge is 2.33. The summed E-state index contributed by atoms with van der Waals surface area (Å²) >= 11 is 9.84. The molecule has 2 fully saturated rings. The fourth-order valence-electron chi connectivity index (χ4n) is 3.43. The second kappa shape index (κ2) is 6.97. The SMILES string of the molecule is CNC(CCN1CC2CCC(C1)O2)c1ccc(Br)cc1Cl. The molecule has 2 heterocycles. The maximum Gasteiger partial charge on any atom is 0.0707 e. The number of hydrogen-bond donors (Lipinski definition) is 1. The van der Waals surface area contributed by atoms with Crippen LogP contribution in [0.15, 0.2) is 22.7 Å². The summed E-state index contributed by atoms with van der Waals surface area (Å²) in [6.45, 7) is 3.26. The lowest BCUT2D eigenvalue weighted by Crippen LogP contribution is -2.43. The highest BCUT2D eigenvalue weighted by Crippen LogP contribution is 2.30. The van der Waals surface area contributed by atoms with E-state index < -0.39 is 0 Å². The van der Waals surface area contributed by atoms with Gasteiger partial charge in [-0.15, -0.1) is 0 Å². The van der Waals surface area contributed by atoms with Gasteiger partial charge in [0.15, 0.2) is 0 Å². The first-order valence-corrected chi connectivity index (χ1v) is 8.83. The molecule has 1 aromatic rings. The van der Waals surface area contributed by atoms with E-state index in [1.807, 2.05) is 13.1 Å². The topological polar surface area (TPSA) is 24.5 Å². The van der Waals surface area contributed by atoms with Crippen molar-refractivity contribution in [1.29, 1.82) is 0 Å². The predicted molar refractivity (Wildman–Crippen MR) is 89.9 cm³/mol. The Balaban J connectivity index is 1.59. The maximum absolute atomic E-state index is 6.38. The molecule has 3 atom stereocenters. The van der Waals surface area contributed by atoms with E-state index in [1.165, 1.54) is 18.4 Å². The van der Waals surface area contributed by atoms with Crippen molar-refractivity contribution in [2.75, 3.05) is 26.7 Å². The van der Waals surface area contributed by atoms with Gasteiger partial charge in [-0.1, -0.05) is 33.6 Å². The first-order chi connectivity index (χ1) is 10.2. The first-order valence-electron chi connectivity index (χ1n) is 7.65. The Kier molecular flexibility index (Phi) is 5.23. The number of benzene rings is 1. The number of halogens is 2. The number of hydrogen-bond acceptors (Lipinski definition) is 3. The standard InChI is InChI=1S/C16H22BrClN2O/c1-19-16(14-5-2-11(17)8-15(14)18)6-7-20-9-12-3-4-13(10-20)21-12/h2,5,8,12-13,16,19H,3-4,6-7,9-10H2,1H3. The molecule has 3 nitrogen and oxygen atoms in total. The summed E-state index contributed by atoms with van der Waals surface area (Å²) in [7, 11) is 2.01. The Bertz CT molecular complexity index is 487. The molecule has 2 saturated heterocycles. The van der Waals surface area contributed by atoms with Crippen LogP contribution in [-0.4, -0.2) is 43.8 Å². The van der Waals surface area contributed by atoms with Crippen molar-refractivity contribution in [2.24, 2.45) is 0 Å². The zero-order valence-electron chi connectivity index (χ0n) is 12.3. The Morgan fingerprint density at radius 3 is 2.71 bits per heavy atom.